The van der Waals surface area contributed by atoms with E-state index >= 15 is 0 Å². The Morgan fingerprint density at radius 1 is 0.438 bits per heavy atom. The molecular weight excluding hydrogens is 386 g/mol. The smallest absolute Gasteiger partial charge is 0.0991 e. The van der Waals surface area contributed by atoms with Gasteiger partial charge in [-0.15, -0.1) is 0 Å². The summed E-state index contributed by atoms with van der Waals surface area (Å²) < 4.78 is 0. The lowest BCUT2D eigenvalue weighted by atomic mass is 9.87. The zero-order valence-electron chi connectivity index (χ0n) is 17.4. The van der Waals surface area contributed by atoms with Crippen LogP contribution in [0, 0.1) is 11.3 Å². The molecule has 0 aliphatic rings. The molecule has 0 unspecified atom stereocenters. The Morgan fingerprint density at radius 2 is 1.03 bits per heavy atom. The van der Waals surface area contributed by atoms with Crippen molar-refractivity contribution in [2.45, 2.75) is 0 Å². The average molecular weight is 406 g/mol. The van der Waals surface area contributed by atoms with Gasteiger partial charge in [-0.3, -0.25) is 0 Å². The summed E-state index contributed by atoms with van der Waals surface area (Å²) in [5.74, 6) is 0. The monoisotopic (exact) mass is 405 g/mol. The molecule has 0 spiro atoms. The predicted octanol–water partition coefficient (Wildman–Crippen LogP) is 8.35. The topological polar surface area (TPSA) is 23.8 Å². The van der Waals surface area contributed by atoms with Gasteiger partial charge in [-0.2, -0.15) is 5.26 Å². The Kier molecular flexibility index (Phi) is 4.23. The summed E-state index contributed by atoms with van der Waals surface area (Å²) in [6, 6.07) is 42.6. The van der Waals surface area contributed by atoms with E-state index in [1.54, 1.807) is 0 Å². The lowest BCUT2D eigenvalue weighted by molar-refractivity contribution is 1.48. The second kappa shape index (κ2) is 7.38. The van der Waals surface area contributed by atoms with Crippen molar-refractivity contribution in [2.75, 3.05) is 0 Å². The summed E-state index contributed by atoms with van der Waals surface area (Å²) in [5, 5.41) is 17.0. The molecule has 0 N–H and O–H groups in total. The van der Waals surface area contributed by atoms with Crippen molar-refractivity contribution >= 4 is 32.3 Å². The van der Waals surface area contributed by atoms with Gasteiger partial charge in [-0.1, -0.05) is 91.0 Å². The molecular formula is C31H19N. The summed E-state index contributed by atoms with van der Waals surface area (Å²) >= 11 is 0. The quantitative estimate of drug-likeness (QED) is 0.266. The summed E-state index contributed by atoms with van der Waals surface area (Å²) in [5.41, 5.74) is 5.25. The maximum atomic E-state index is 9.42. The van der Waals surface area contributed by atoms with Crippen LogP contribution in [0.25, 0.3) is 54.6 Å². The lowest BCUT2D eigenvalue weighted by Crippen LogP contribution is -1.90. The zero-order chi connectivity index (χ0) is 21.5. The fourth-order valence-electron chi connectivity index (χ4n) is 4.81. The second-order valence-corrected chi connectivity index (χ2v) is 8.10. The van der Waals surface area contributed by atoms with E-state index in [-0.39, 0.29) is 0 Å². The van der Waals surface area contributed by atoms with E-state index in [0.717, 1.165) is 11.1 Å². The van der Waals surface area contributed by atoms with Gasteiger partial charge in [0.2, 0.25) is 0 Å². The Bertz CT molecular complexity index is 1670. The van der Waals surface area contributed by atoms with Gasteiger partial charge in [0.1, 0.15) is 0 Å². The summed E-state index contributed by atoms with van der Waals surface area (Å²) in [6.45, 7) is 0. The van der Waals surface area contributed by atoms with Crippen LogP contribution in [0.5, 0.6) is 0 Å². The summed E-state index contributed by atoms with van der Waals surface area (Å²) in [4.78, 5) is 0. The van der Waals surface area contributed by atoms with Crippen LogP contribution in [0.1, 0.15) is 5.56 Å². The van der Waals surface area contributed by atoms with E-state index in [4.69, 9.17) is 0 Å². The molecule has 0 heterocycles. The van der Waals surface area contributed by atoms with Crippen LogP contribution < -0.4 is 0 Å². The number of nitrogens with zero attached hydrogens (tertiary/aromatic N) is 1. The van der Waals surface area contributed by atoms with Crippen molar-refractivity contribution in [3.8, 4) is 28.3 Å². The number of rotatable bonds is 2. The highest BCUT2D eigenvalue weighted by Crippen LogP contribution is 2.42. The van der Waals surface area contributed by atoms with Crippen LogP contribution in [0.2, 0.25) is 0 Å². The van der Waals surface area contributed by atoms with Gasteiger partial charge in [-0.25, -0.2) is 0 Å². The molecule has 1 nitrogen and oxygen atoms in total. The molecule has 32 heavy (non-hydrogen) atoms. The SMILES string of the molecule is N#Cc1cccc(-c2cc(-c3ccccc3)c3c4ccccc4c4ccccc4c3c2)c1. The molecule has 6 aromatic carbocycles. The molecule has 6 aromatic rings. The fourth-order valence-corrected chi connectivity index (χ4v) is 4.81. The first kappa shape index (κ1) is 18.4. The van der Waals surface area contributed by atoms with Crippen LogP contribution in [-0.2, 0) is 0 Å². The van der Waals surface area contributed by atoms with Crippen LogP contribution in [0.3, 0.4) is 0 Å². The highest BCUT2D eigenvalue weighted by molar-refractivity contribution is 6.29. The van der Waals surface area contributed by atoms with Crippen molar-refractivity contribution < 1.29 is 0 Å². The first-order valence-corrected chi connectivity index (χ1v) is 10.8. The third-order valence-electron chi connectivity index (χ3n) is 6.25. The second-order valence-electron chi connectivity index (χ2n) is 8.10. The van der Waals surface area contributed by atoms with Crippen LogP contribution >= 0.6 is 0 Å². The van der Waals surface area contributed by atoms with Gasteiger partial charge in [0.05, 0.1) is 11.6 Å². The molecule has 0 radical (unpaired) electrons. The average Bonchev–Trinajstić information content (AvgIpc) is 2.88. The van der Waals surface area contributed by atoms with E-state index in [2.05, 4.69) is 103 Å². The number of nitriles is 1. The molecule has 1 heteroatoms. The zero-order valence-corrected chi connectivity index (χ0v) is 17.4. The van der Waals surface area contributed by atoms with E-state index in [1.165, 1.54) is 43.4 Å². The maximum absolute atomic E-state index is 9.42. The first-order chi connectivity index (χ1) is 15.8. The molecule has 0 aliphatic carbocycles. The van der Waals surface area contributed by atoms with E-state index in [9.17, 15) is 5.26 Å². The first-order valence-electron chi connectivity index (χ1n) is 10.8. The highest BCUT2D eigenvalue weighted by atomic mass is 14.2. The predicted molar refractivity (Wildman–Crippen MR) is 135 cm³/mol. The summed E-state index contributed by atoms with van der Waals surface area (Å²) in [7, 11) is 0. The van der Waals surface area contributed by atoms with Gasteiger partial charge in [0, 0.05) is 0 Å². The fraction of sp³-hybridized carbons (Fsp3) is 0. The maximum Gasteiger partial charge on any atom is 0.0991 e. The molecule has 0 aliphatic heterocycles. The molecule has 0 saturated heterocycles. The minimum atomic E-state index is 0.673. The van der Waals surface area contributed by atoms with Crippen LogP contribution in [0.15, 0.2) is 115 Å². The van der Waals surface area contributed by atoms with E-state index in [0.29, 0.717) is 5.56 Å². The number of hydrogen-bond acceptors (Lipinski definition) is 1. The molecule has 0 bridgehead atoms. The molecule has 0 saturated carbocycles. The van der Waals surface area contributed by atoms with Gasteiger partial charge in [0.25, 0.3) is 0 Å². The van der Waals surface area contributed by atoms with Gasteiger partial charge in [0.15, 0.2) is 0 Å². The molecule has 148 valence electrons. The minimum Gasteiger partial charge on any atom is -0.192 e. The Balaban J connectivity index is 1.84. The Hall–Kier alpha value is -4.41. The molecule has 0 fully saturated rings. The van der Waals surface area contributed by atoms with Gasteiger partial charge in [-0.05, 0) is 78.8 Å². The number of benzene rings is 6. The molecule has 0 amide bonds. The van der Waals surface area contributed by atoms with Gasteiger partial charge < -0.3 is 0 Å². The molecule has 6 rings (SSSR count). The lowest BCUT2D eigenvalue weighted by Gasteiger charge is -2.17. The van der Waals surface area contributed by atoms with Gasteiger partial charge >= 0.3 is 0 Å². The summed E-state index contributed by atoms with van der Waals surface area (Å²) in [6.07, 6.45) is 0. The van der Waals surface area contributed by atoms with Crippen LogP contribution in [-0.4, -0.2) is 0 Å². The largest absolute Gasteiger partial charge is 0.192 e. The Morgan fingerprint density at radius 3 is 1.75 bits per heavy atom. The highest BCUT2D eigenvalue weighted by Gasteiger charge is 2.15. The van der Waals surface area contributed by atoms with E-state index < -0.39 is 0 Å². The normalized spacial score (nSPS) is 11.1. The third kappa shape index (κ3) is 2.86. The standard InChI is InChI=1S/C31H19N/c32-20-21-9-8-12-23(17-21)24-18-29(22-10-2-1-3-11-22)31-28-16-7-6-14-26(28)25-13-4-5-15-27(25)30(31)19-24/h1-19H. The molecule has 0 aromatic heterocycles. The minimum absolute atomic E-state index is 0.673. The van der Waals surface area contributed by atoms with Crippen molar-refractivity contribution in [3.05, 3.63) is 121 Å². The van der Waals surface area contributed by atoms with Crippen molar-refractivity contribution in [1.29, 1.82) is 5.26 Å². The van der Waals surface area contributed by atoms with Crippen LogP contribution in [0.4, 0.5) is 0 Å². The molecule has 0 atom stereocenters. The van der Waals surface area contributed by atoms with Crippen molar-refractivity contribution in [2.24, 2.45) is 0 Å². The third-order valence-corrected chi connectivity index (χ3v) is 6.25. The van der Waals surface area contributed by atoms with Crippen molar-refractivity contribution in [1.82, 2.24) is 0 Å². The van der Waals surface area contributed by atoms with E-state index in [1.807, 2.05) is 18.2 Å². The number of hydrogen-bond donors (Lipinski definition) is 0. The number of fused-ring (bicyclic) bond motifs is 6. The Labute approximate surface area is 186 Å². The van der Waals surface area contributed by atoms with Crippen molar-refractivity contribution in [3.63, 3.8) is 0 Å².